The molecule has 1 amide bonds. The van der Waals surface area contributed by atoms with Crippen LogP contribution in [-0.2, 0) is 17.9 Å². The molecular weight excluding hydrogens is 326 g/mol. The van der Waals surface area contributed by atoms with Gasteiger partial charge in [0.1, 0.15) is 0 Å². The number of fused-ring (bicyclic) bond motifs is 1. The fraction of sp³-hybridized carbons (Fsp3) is 0.286. The van der Waals surface area contributed by atoms with Gasteiger partial charge >= 0.3 is 0 Å². The van der Waals surface area contributed by atoms with E-state index >= 15 is 0 Å². The Hall–Kier alpha value is -2.95. The van der Waals surface area contributed by atoms with Gasteiger partial charge in [-0.3, -0.25) is 14.2 Å². The highest BCUT2D eigenvalue weighted by molar-refractivity contribution is 5.80. The van der Waals surface area contributed by atoms with Gasteiger partial charge in [0.25, 0.3) is 5.56 Å². The van der Waals surface area contributed by atoms with E-state index in [0.29, 0.717) is 25.0 Å². The summed E-state index contributed by atoms with van der Waals surface area (Å²) in [6.07, 6.45) is 1.82. The predicted molar refractivity (Wildman–Crippen MR) is 103 cm³/mol. The molecule has 0 saturated heterocycles. The third-order valence-corrected chi connectivity index (χ3v) is 4.57. The van der Waals surface area contributed by atoms with E-state index in [1.54, 1.807) is 17.3 Å². The van der Waals surface area contributed by atoms with Crippen LogP contribution in [0, 0.1) is 6.92 Å². The maximum Gasteiger partial charge on any atom is 0.261 e. The Morgan fingerprint density at radius 2 is 1.88 bits per heavy atom. The minimum atomic E-state index is -0.0994. The molecule has 3 rings (SSSR count). The number of carbonyl (C=O) groups is 1. The molecule has 2 aromatic carbocycles. The van der Waals surface area contributed by atoms with Crippen molar-refractivity contribution in [1.29, 1.82) is 0 Å². The van der Waals surface area contributed by atoms with Crippen molar-refractivity contribution >= 4 is 16.8 Å². The van der Waals surface area contributed by atoms with Gasteiger partial charge in [0.05, 0.1) is 17.2 Å². The standard InChI is InChI=1S/C21H23N3O2/c1-3-23(14-17-9-5-4-6-10-17)19(25)12-13-24-15-22-20-16(2)8-7-11-18(20)21(24)26/h4-11,15H,3,12-14H2,1-2H3. The molecule has 26 heavy (non-hydrogen) atoms. The molecule has 3 aromatic rings. The normalized spacial score (nSPS) is 10.8. The Labute approximate surface area is 152 Å². The van der Waals surface area contributed by atoms with Crippen molar-refractivity contribution in [3.05, 3.63) is 76.3 Å². The van der Waals surface area contributed by atoms with Gasteiger partial charge < -0.3 is 4.90 Å². The van der Waals surface area contributed by atoms with Crippen molar-refractivity contribution in [2.45, 2.75) is 33.4 Å². The van der Waals surface area contributed by atoms with Crippen LogP contribution < -0.4 is 5.56 Å². The molecule has 1 aromatic heterocycles. The number of para-hydroxylation sites is 1. The molecule has 5 nitrogen and oxygen atoms in total. The average molecular weight is 349 g/mol. The first-order chi connectivity index (χ1) is 12.6. The van der Waals surface area contributed by atoms with Crippen molar-refractivity contribution < 1.29 is 4.79 Å². The van der Waals surface area contributed by atoms with E-state index in [1.807, 2.05) is 56.3 Å². The lowest BCUT2D eigenvalue weighted by molar-refractivity contribution is -0.131. The number of amides is 1. The first-order valence-electron chi connectivity index (χ1n) is 8.86. The summed E-state index contributed by atoms with van der Waals surface area (Å²) in [5.41, 5.74) is 2.70. The zero-order valence-electron chi connectivity index (χ0n) is 15.2. The Morgan fingerprint density at radius 1 is 1.12 bits per heavy atom. The van der Waals surface area contributed by atoms with Crippen LogP contribution in [0.15, 0.2) is 59.7 Å². The predicted octanol–water partition coefficient (Wildman–Crippen LogP) is 3.14. The average Bonchev–Trinajstić information content (AvgIpc) is 2.67. The van der Waals surface area contributed by atoms with E-state index in [-0.39, 0.29) is 17.9 Å². The maximum absolute atomic E-state index is 12.6. The Kier molecular flexibility index (Phi) is 5.46. The molecule has 5 heteroatoms. The molecule has 0 unspecified atom stereocenters. The van der Waals surface area contributed by atoms with Gasteiger partial charge in [-0.25, -0.2) is 4.98 Å². The third-order valence-electron chi connectivity index (χ3n) is 4.57. The molecule has 0 atom stereocenters. The topological polar surface area (TPSA) is 55.2 Å². The molecule has 0 saturated carbocycles. The summed E-state index contributed by atoms with van der Waals surface area (Å²) in [6.45, 7) is 5.45. The summed E-state index contributed by atoms with van der Waals surface area (Å²) in [4.78, 5) is 31.4. The van der Waals surface area contributed by atoms with Gasteiger partial charge in [0.2, 0.25) is 5.91 Å². The quantitative estimate of drug-likeness (QED) is 0.687. The number of carbonyl (C=O) groups excluding carboxylic acids is 1. The lowest BCUT2D eigenvalue weighted by Crippen LogP contribution is -2.32. The second kappa shape index (κ2) is 7.95. The van der Waals surface area contributed by atoms with E-state index in [0.717, 1.165) is 16.6 Å². The summed E-state index contributed by atoms with van der Waals surface area (Å²) < 4.78 is 1.52. The first-order valence-corrected chi connectivity index (χ1v) is 8.86. The van der Waals surface area contributed by atoms with Crippen LogP contribution in [0.5, 0.6) is 0 Å². The molecule has 0 aliphatic heterocycles. The van der Waals surface area contributed by atoms with Gasteiger partial charge in [-0.2, -0.15) is 0 Å². The number of aromatic nitrogens is 2. The van der Waals surface area contributed by atoms with Crippen molar-refractivity contribution in [3.8, 4) is 0 Å². The molecule has 134 valence electrons. The zero-order chi connectivity index (χ0) is 18.5. The monoisotopic (exact) mass is 349 g/mol. The van der Waals surface area contributed by atoms with Gasteiger partial charge in [0, 0.05) is 26.1 Å². The minimum Gasteiger partial charge on any atom is -0.339 e. The summed E-state index contributed by atoms with van der Waals surface area (Å²) in [7, 11) is 0. The van der Waals surface area contributed by atoms with Crippen molar-refractivity contribution in [2.24, 2.45) is 0 Å². The van der Waals surface area contributed by atoms with Crippen LogP contribution in [0.25, 0.3) is 10.9 Å². The SMILES string of the molecule is CCN(Cc1ccccc1)C(=O)CCn1cnc2c(C)cccc2c1=O. The van der Waals surface area contributed by atoms with Crippen LogP contribution in [-0.4, -0.2) is 26.9 Å². The van der Waals surface area contributed by atoms with Gasteiger partial charge in [-0.1, -0.05) is 42.5 Å². The minimum absolute atomic E-state index is 0.0348. The van der Waals surface area contributed by atoms with Crippen molar-refractivity contribution in [2.75, 3.05) is 6.54 Å². The highest BCUT2D eigenvalue weighted by atomic mass is 16.2. The van der Waals surface area contributed by atoms with Crippen LogP contribution >= 0.6 is 0 Å². The number of hydrogen-bond donors (Lipinski definition) is 0. The van der Waals surface area contributed by atoms with Crippen LogP contribution in [0.3, 0.4) is 0 Å². The van der Waals surface area contributed by atoms with Gasteiger partial charge in [-0.15, -0.1) is 0 Å². The van der Waals surface area contributed by atoms with Crippen molar-refractivity contribution in [3.63, 3.8) is 0 Å². The molecule has 0 spiro atoms. The number of aryl methyl sites for hydroxylation is 2. The largest absolute Gasteiger partial charge is 0.339 e. The fourth-order valence-corrected chi connectivity index (χ4v) is 3.05. The number of benzene rings is 2. The molecule has 0 aliphatic carbocycles. The van der Waals surface area contributed by atoms with Crippen molar-refractivity contribution in [1.82, 2.24) is 14.5 Å². The summed E-state index contributed by atoms with van der Waals surface area (Å²) in [5.74, 6) is 0.0348. The van der Waals surface area contributed by atoms with Gasteiger partial charge in [0.15, 0.2) is 0 Å². The van der Waals surface area contributed by atoms with Crippen LogP contribution in [0.1, 0.15) is 24.5 Å². The molecule has 0 bridgehead atoms. The highest BCUT2D eigenvalue weighted by Crippen LogP contribution is 2.11. The lowest BCUT2D eigenvalue weighted by atomic mass is 10.1. The summed E-state index contributed by atoms with van der Waals surface area (Å²) >= 11 is 0. The second-order valence-electron chi connectivity index (χ2n) is 6.36. The maximum atomic E-state index is 12.6. The number of nitrogens with zero attached hydrogens (tertiary/aromatic N) is 3. The van der Waals surface area contributed by atoms with E-state index in [2.05, 4.69) is 4.98 Å². The van der Waals surface area contributed by atoms with Gasteiger partial charge in [-0.05, 0) is 31.0 Å². The van der Waals surface area contributed by atoms with Crippen LogP contribution in [0.4, 0.5) is 0 Å². The summed E-state index contributed by atoms with van der Waals surface area (Å²) in [5, 5.41) is 0.594. The Morgan fingerprint density at radius 3 is 2.62 bits per heavy atom. The molecule has 0 aliphatic rings. The Bertz CT molecular complexity index is 964. The Balaban J connectivity index is 1.71. The van der Waals surface area contributed by atoms with E-state index in [4.69, 9.17) is 0 Å². The summed E-state index contributed by atoms with van der Waals surface area (Å²) in [6, 6.07) is 15.5. The zero-order valence-corrected chi connectivity index (χ0v) is 15.2. The van der Waals surface area contributed by atoms with E-state index < -0.39 is 0 Å². The molecule has 1 heterocycles. The first kappa shape index (κ1) is 17.9. The smallest absolute Gasteiger partial charge is 0.261 e. The fourth-order valence-electron chi connectivity index (χ4n) is 3.05. The second-order valence-corrected chi connectivity index (χ2v) is 6.36. The number of hydrogen-bond acceptors (Lipinski definition) is 3. The molecule has 0 fully saturated rings. The van der Waals surface area contributed by atoms with E-state index in [9.17, 15) is 9.59 Å². The number of rotatable bonds is 6. The molecule has 0 radical (unpaired) electrons. The molecule has 0 N–H and O–H groups in total. The van der Waals surface area contributed by atoms with Crippen LogP contribution in [0.2, 0.25) is 0 Å². The highest BCUT2D eigenvalue weighted by Gasteiger charge is 2.13. The third kappa shape index (κ3) is 3.82. The van der Waals surface area contributed by atoms with E-state index in [1.165, 1.54) is 4.57 Å². The molecular formula is C21H23N3O2. The lowest BCUT2D eigenvalue weighted by Gasteiger charge is -2.21.